The van der Waals surface area contributed by atoms with Crippen LogP contribution in [0.15, 0.2) is 48.5 Å². The van der Waals surface area contributed by atoms with Gasteiger partial charge in [0.25, 0.3) is 0 Å². The molecule has 2 aromatic carbocycles. The van der Waals surface area contributed by atoms with Crippen LogP contribution in [0.4, 0.5) is 0 Å². The van der Waals surface area contributed by atoms with Gasteiger partial charge in [-0.2, -0.15) is 0 Å². The van der Waals surface area contributed by atoms with Gasteiger partial charge in [0, 0.05) is 12.0 Å². The summed E-state index contributed by atoms with van der Waals surface area (Å²) in [5.74, 6) is 1.56. The van der Waals surface area contributed by atoms with E-state index in [1.807, 2.05) is 48.5 Å². The van der Waals surface area contributed by atoms with Crippen LogP contribution in [0, 0.1) is 0 Å². The smallest absolute Gasteiger partial charge is 0.119 e. The molecular weight excluding hydrogens is 416 g/mol. The minimum atomic E-state index is -0.673. The predicted octanol–water partition coefficient (Wildman–Crippen LogP) is 4.55. The number of rotatable bonds is 14. The molecule has 31 heavy (non-hydrogen) atoms. The zero-order chi connectivity index (χ0) is 22.7. The Morgan fingerprint density at radius 2 is 1.29 bits per heavy atom. The zero-order valence-electron chi connectivity index (χ0n) is 18.7. The Hall–Kier alpha value is -1.79. The maximum absolute atomic E-state index is 9.97. The van der Waals surface area contributed by atoms with Crippen LogP contribution in [0.5, 0.6) is 11.5 Å². The van der Waals surface area contributed by atoms with Gasteiger partial charge in [-0.1, -0.05) is 51.5 Å². The topological polar surface area (TPSA) is 68.2 Å². The van der Waals surface area contributed by atoms with Gasteiger partial charge in [0.15, 0.2) is 0 Å². The van der Waals surface area contributed by atoms with Gasteiger partial charge in [-0.05, 0) is 41.8 Å². The Morgan fingerprint density at radius 3 is 1.74 bits per heavy atom. The molecule has 0 aliphatic rings. The van der Waals surface area contributed by atoms with E-state index in [2.05, 4.69) is 20.8 Å². The van der Waals surface area contributed by atoms with Crippen molar-refractivity contribution in [2.24, 2.45) is 0 Å². The highest BCUT2D eigenvalue weighted by Crippen LogP contribution is 2.33. The number of alkyl halides is 1. The molecule has 0 saturated carbocycles. The number of ether oxygens (including phenoxy) is 3. The molecule has 0 unspecified atom stereocenters. The second-order valence-electron chi connectivity index (χ2n) is 8.19. The highest BCUT2D eigenvalue weighted by atomic mass is 35.5. The van der Waals surface area contributed by atoms with Crippen LogP contribution in [0.2, 0.25) is 0 Å². The van der Waals surface area contributed by atoms with Crippen LogP contribution in [0.3, 0.4) is 0 Å². The molecule has 2 rings (SSSR count). The molecule has 6 heteroatoms. The third kappa shape index (κ3) is 8.34. The second-order valence-corrected chi connectivity index (χ2v) is 8.49. The number of unbranched alkanes of at least 4 members (excludes halogenated alkanes) is 1. The minimum Gasteiger partial charge on any atom is -0.491 e. The van der Waals surface area contributed by atoms with Crippen molar-refractivity contribution in [3.63, 3.8) is 0 Å². The summed E-state index contributed by atoms with van der Waals surface area (Å²) in [5.41, 5.74) is 2.08. The summed E-state index contributed by atoms with van der Waals surface area (Å²) in [7, 11) is 0. The lowest BCUT2D eigenvalue weighted by Crippen LogP contribution is -2.23. The van der Waals surface area contributed by atoms with Gasteiger partial charge >= 0.3 is 0 Å². The first kappa shape index (κ1) is 25.5. The van der Waals surface area contributed by atoms with E-state index in [0.717, 1.165) is 24.0 Å². The molecule has 2 atom stereocenters. The largest absolute Gasteiger partial charge is 0.491 e. The fourth-order valence-electron chi connectivity index (χ4n) is 3.05. The van der Waals surface area contributed by atoms with Gasteiger partial charge in [0.2, 0.25) is 0 Å². The fraction of sp³-hybridized carbons (Fsp3) is 0.520. The molecule has 0 bridgehead atoms. The monoisotopic (exact) mass is 450 g/mol. The van der Waals surface area contributed by atoms with Crippen LogP contribution in [0.25, 0.3) is 0 Å². The summed E-state index contributed by atoms with van der Waals surface area (Å²) in [6.07, 6.45) is 0.761. The number of aliphatic hydroxyl groups is 2. The van der Waals surface area contributed by atoms with E-state index >= 15 is 0 Å². The molecule has 0 fully saturated rings. The maximum Gasteiger partial charge on any atom is 0.119 e. The zero-order valence-corrected chi connectivity index (χ0v) is 19.5. The lowest BCUT2D eigenvalue weighted by Gasteiger charge is -2.26. The van der Waals surface area contributed by atoms with Crippen LogP contribution in [0.1, 0.15) is 44.7 Å². The van der Waals surface area contributed by atoms with Gasteiger partial charge in [0.05, 0.1) is 12.5 Å². The first-order valence-corrected chi connectivity index (χ1v) is 11.4. The average molecular weight is 451 g/mol. The molecular formula is C25H35ClO5. The van der Waals surface area contributed by atoms with Gasteiger partial charge in [0.1, 0.15) is 36.9 Å². The van der Waals surface area contributed by atoms with Crippen molar-refractivity contribution in [2.45, 2.75) is 51.2 Å². The fourth-order valence-corrected chi connectivity index (χ4v) is 3.13. The van der Waals surface area contributed by atoms with E-state index in [1.165, 1.54) is 0 Å². The molecule has 0 aliphatic carbocycles. The number of aliphatic hydroxyl groups excluding tert-OH is 2. The molecule has 5 nitrogen and oxygen atoms in total. The highest BCUT2D eigenvalue weighted by Gasteiger charge is 2.23. The normalized spacial score (nSPS) is 13.6. The van der Waals surface area contributed by atoms with Gasteiger partial charge in [-0.15, -0.1) is 11.6 Å². The van der Waals surface area contributed by atoms with Crippen LogP contribution in [-0.2, 0) is 10.2 Å². The van der Waals surface area contributed by atoms with Crippen LogP contribution in [-0.4, -0.2) is 54.7 Å². The van der Waals surface area contributed by atoms with E-state index in [4.69, 9.17) is 25.8 Å². The van der Waals surface area contributed by atoms with Gasteiger partial charge < -0.3 is 24.4 Å². The highest BCUT2D eigenvalue weighted by molar-refractivity contribution is 6.18. The van der Waals surface area contributed by atoms with Crippen molar-refractivity contribution >= 4 is 11.6 Å². The molecule has 0 aliphatic heterocycles. The first-order valence-electron chi connectivity index (χ1n) is 10.8. The van der Waals surface area contributed by atoms with E-state index in [0.29, 0.717) is 18.1 Å². The molecule has 2 aromatic rings. The summed E-state index contributed by atoms with van der Waals surface area (Å²) in [6.45, 7) is 7.76. The van der Waals surface area contributed by atoms with Crippen molar-refractivity contribution in [1.29, 1.82) is 0 Å². The van der Waals surface area contributed by atoms with Crippen molar-refractivity contribution < 1.29 is 24.4 Å². The third-order valence-electron chi connectivity index (χ3n) is 5.17. The summed E-state index contributed by atoms with van der Waals surface area (Å²) >= 11 is 5.59. The Bertz CT molecular complexity index is 746. The Balaban J connectivity index is 1.90. The summed E-state index contributed by atoms with van der Waals surface area (Å²) in [5, 5.41) is 19.5. The molecule has 0 radical (unpaired) electrons. The molecule has 0 amide bonds. The van der Waals surface area contributed by atoms with Crippen molar-refractivity contribution in [3.05, 3.63) is 59.7 Å². The lowest BCUT2D eigenvalue weighted by atomic mass is 9.78. The Labute approximate surface area is 190 Å². The second kappa shape index (κ2) is 12.9. The van der Waals surface area contributed by atoms with Crippen molar-refractivity contribution in [3.8, 4) is 11.5 Å². The standard InChI is InChI=1S/C25H35ClO5/c1-4-5-14-29-16-22(28)18-31-24-12-8-20(9-13-24)25(2,3)19-6-10-23(11-7-19)30-17-21(27)15-26/h6-13,21-22,27-28H,4-5,14-18H2,1-3H3/t21-,22+/m1/s1. The SMILES string of the molecule is CCCCOC[C@H](O)COc1ccc(C(C)(C)c2ccc(OC[C@H](O)CCl)cc2)cc1. The number of hydrogen-bond acceptors (Lipinski definition) is 5. The summed E-state index contributed by atoms with van der Waals surface area (Å²) in [6, 6.07) is 15.8. The van der Waals surface area contributed by atoms with E-state index in [9.17, 15) is 10.2 Å². The minimum absolute atomic E-state index is 0.149. The van der Waals surface area contributed by atoms with Crippen molar-refractivity contribution in [1.82, 2.24) is 0 Å². The average Bonchev–Trinajstić information content (AvgIpc) is 2.79. The lowest BCUT2D eigenvalue weighted by molar-refractivity contribution is 0.0113. The van der Waals surface area contributed by atoms with E-state index in [-0.39, 0.29) is 31.1 Å². The molecule has 172 valence electrons. The molecule has 0 saturated heterocycles. The molecule has 2 N–H and O–H groups in total. The first-order chi connectivity index (χ1) is 14.9. The number of hydrogen-bond donors (Lipinski definition) is 2. The number of halogens is 1. The predicted molar refractivity (Wildman–Crippen MR) is 124 cm³/mol. The van der Waals surface area contributed by atoms with Crippen LogP contribution < -0.4 is 9.47 Å². The Morgan fingerprint density at radius 1 is 0.806 bits per heavy atom. The maximum atomic E-state index is 9.97. The third-order valence-corrected chi connectivity index (χ3v) is 5.52. The summed E-state index contributed by atoms with van der Waals surface area (Å²) < 4.78 is 16.7. The molecule has 0 aromatic heterocycles. The molecule has 0 spiro atoms. The Kier molecular flexibility index (Phi) is 10.6. The van der Waals surface area contributed by atoms with Gasteiger partial charge in [-0.25, -0.2) is 0 Å². The van der Waals surface area contributed by atoms with Gasteiger partial charge in [-0.3, -0.25) is 0 Å². The van der Waals surface area contributed by atoms with E-state index in [1.54, 1.807) is 0 Å². The van der Waals surface area contributed by atoms with Crippen molar-refractivity contribution in [2.75, 3.05) is 32.3 Å². The van der Waals surface area contributed by atoms with Crippen LogP contribution >= 0.6 is 11.6 Å². The van der Waals surface area contributed by atoms with E-state index < -0.39 is 12.2 Å². The number of benzene rings is 2. The quantitative estimate of drug-likeness (QED) is 0.326. The summed E-state index contributed by atoms with van der Waals surface area (Å²) in [4.78, 5) is 0. The molecule has 0 heterocycles.